The molecule has 0 aromatic rings. The van der Waals surface area contributed by atoms with Crippen LogP contribution in [0.1, 0.15) is 13.8 Å². The topological polar surface area (TPSA) is 207 Å². The van der Waals surface area contributed by atoms with Crippen LogP contribution in [0.2, 0.25) is 0 Å². The summed E-state index contributed by atoms with van der Waals surface area (Å²) >= 11 is 0. The van der Waals surface area contributed by atoms with Crippen LogP contribution in [0.25, 0.3) is 0 Å². The van der Waals surface area contributed by atoms with Gasteiger partial charge in [0.25, 0.3) is 0 Å². The van der Waals surface area contributed by atoms with E-state index < -0.39 is 24.2 Å². The van der Waals surface area contributed by atoms with Crippen molar-refractivity contribution >= 4 is 137 Å². The molecule has 96 valence electrons. The van der Waals surface area contributed by atoms with Gasteiger partial charge >= 0.3 is 113 Å². The summed E-state index contributed by atoms with van der Waals surface area (Å²) in [6.07, 6.45) is -4.67. The van der Waals surface area contributed by atoms with E-state index in [2.05, 4.69) is 0 Å². The van der Waals surface area contributed by atoms with Crippen molar-refractivity contribution in [3.8, 4) is 0 Å². The molecule has 0 aliphatic carbocycles. The fourth-order valence-corrected chi connectivity index (χ4v) is 0. The monoisotopic (exact) mass is 358 g/mol. The van der Waals surface area contributed by atoms with Crippen LogP contribution < -0.4 is 30.6 Å². The summed E-state index contributed by atoms with van der Waals surface area (Å²) in [7, 11) is 0. The van der Waals surface area contributed by atoms with Crippen molar-refractivity contribution in [2.75, 3.05) is 0 Å². The van der Waals surface area contributed by atoms with Crippen molar-refractivity contribution < 1.29 is 49.8 Å². The van der Waals surface area contributed by atoms with Gasteiger partial charge in [-0.05, 0) is 26.2 Å². The molecule has 0 atom stereocenters. The van der Waals surface area contributed by atoms with E-state index in [-0.39, 0.29) is 113 Å². The SMILES string of the molecule is CC(=O)[O-].CC(=O)[O-].O=C([O-])[O-].O=C([O-])[O-].[Ca+2].[Ca+2].[Ca+2]. The van der Waals surface area contributed by atoms with Gasteiger partial charge in [-0.15, -0.1) is 0 Å². The number of hydrogen-bond acceptors (Lipinski definition) is 10. The standard InChI is InChI=1S/2C2H4O2.2CH2O3.3Ca/c2*1-2(3)4;2*2-1(3)4;;;/h2*1H3,(H,3,4);2*(H2,2,3,4);;;/q;;;;3*+2/p-6. The van der Waals surface area contributed by atoms with Gasteiger partial charge in [0.15, 0.2) is 0 Å². The van der Waals surface area contributed by atoms with E-state index in [9.17, 15) is 0 Å². The largest absolute Gasteiger partial charge is 2.00 e. The molecular formula is C6H6Ca3O10. The predicted octanol–water partition coefficient (Wildman–Crippen LogP) is -8.52. The van der Waals surface area contributed by atoms with Crippen molar-refractivity contribution in [1.29, 1.82) is 0 Å². The second-order valence-electron chi connectivity index (χ2n) is 1.48. The quantitative estimate of drug-likeness (QED) is 0.373. The van der Waals surface area contributed by atoms with E-state index in [0.29, 0.717) is 0 Å². The van der Waals surface area contributed by atoms with Gasteiger partial charge in [-0.3, -0.25) is 0 Å². The Morgan fingerprint density at radius 3 is 0.526 bits per heavy atom. The Hall–Kier alpha value is 1.26. The Morgan fingerprint density at radius 2 is 0.526 bits per heavy atom. The van der Waals surface area contributed by atoms with Crippen LogP contribution in [-0.2, 0) is 9.59 Å². The van der Waals surface area contributed by atoms with Crippen LogP contribution in [0.5, 0.6) is 0 Å². The molecule has 0 heterocycles. The first-order chi connectivity index (χ1) is 6.93. The minimum atomic E-state index is -2.33. The zero-order valence-electron chi connectivity index (χ0n) is 10.2. The number of carbonyl (C=O) groups is 4. The summed E-state index contributed by atoms with van der Waals surface area (Å²) in [5.74, 6) is -2.17. The molecule has 0 N–H and O–H groups in total. The molecular weight excluding hydrogens is 352 g/mol. The molecule has 0 saturated carbocycles. The summed E-state index contributed by atoms with van der Waals surface area (Å²) in [5.41, 5.74) is 0. The Labute approximate surface area is 197 Å². The molecule has 0 aromatic carbocycles. The Bertz CT molecular complexity index is 167. The zero-order chi connectivity index (χ0) is 14.3. The second-order valence-corrected chi connectivity index (χ2v) is 1.48. The molecule has 0 unspecified atom stereocenters. The number of carboxylic acids is 2. The zero-order valence-corrected chi connectivity index (χ0v) is 16.8. The summed E-state index contributed by atoms with van der Waals surface area (Å²) in [6, 6.07) is 0. The van der Waals surface area contributed by atoms with Crippen molar-refractivity contribution in [2.24, 2.45) is 0 Å². The molecule has 13 heteroatoms. The first kappa shape index (κ1) is 42.7. The summed E-state index contributed by atoms with van der Waals surface area (Å²) < 4.78 is 0. The first-order valence-electron chi connectivity index (χ1n) is 3.04. The van der Waals surface area contributed by atoms with Gasteiger partial charge in [-0.1, -0.05) is 0 Å². The molecule has 10 nitrogen and oxygen atoms in total. The fraction of sp³-hybridized carbons (Fsp3) is 0.333. The third kappa shape index (κ3) is 3620. The Morgan fingerprint density at radius 1 is 0.526 bits per heavy atom. The van der Waals surface area contributed by atoms with Gasteiger partial charge in [0.05, 0.1) is 0 Å². The molecule has 0 aliphatic heterocycles. The summed E-state index contributed by atoms with van der Waals surface area (Å²) in [6.45, 7) is 1.94. The maximum Gasteiger partial charge on any atom is 2.00 e. The normalized spacial score (nSPS) is 5.16. The van der Waals surface area contributed by atoms with E-state index >= 15 is 0 Å². The van der Waals surface area contributed by atoms with E-state index in [1.807, 2.05) is 0 Å². The summed E-state index contributed by atoms with van der Waals surface area (Å²) in [5, 5.41) is 51.1. The predicted molar refractivity (Wildman–Crippen MR) is 49.4 cm³/mol. The smallest absolute Gasteiger partial charge is 0.652 e. The third-order valence-corrected chi connectivity index (χ3v) is 0. The molecule has 0 saturated heterocycles. The Balaban J connectivity index is -0.0000000192. The van der Waals surface area contributed by atoms with Crippen LogP contribution in [0.15, 0.2) is 0 Å². The van der Waals surface area contributed by atoms with E-state index in [1.165, 1.54) is 0 Å². The van der Waals surface area contributed by atoms with Crippen LogP contribution in [-0.4, -0.2) is 137 Å². The summed E-state index contributed by atoms with van der Waals surface area (Å²) in [4.78, 5) is 34.4. The maximum absolute atomic E-state index is 8.89. The van der Waals surface area contributed by atoms with Crippen molar-refractivity contribution in [3.05, 3.63) is 0 Å². The van der Waals surface area contributed by atoms with Crippen molar-refractivity contribution in [2.45, 2.75) is 13.8 Å². The molecule has 0 fully saturated rings. The Kier molecular flexibility index (Phi) is 82.2. The van der Waals surface area contributed by atoms with Gasteiger partial charge in [0, 0.05) is 11.9 Å². The molecule has 0 spiro atoms. The molecule has 0 rings (SSSR count). The van der Waals surface area contributed by atoms with Gasteiger partial charge < -0.3 is 49.8 Å². The van der Waals surface area contributed by atoms with Crippen LogP contribution in [0.3, 0.4) is 0 Å². The number of aliphatic carboxylic acids is 2. The second kappa shape index (κ2) is 36.5. The fourth-order valence-electron chi connectivity index (χ4n) is 0. The molecule has 0 aliphatic rings. The number of carboxylic acid groups (broad SMARTS) is 6. The first-order valence-corrected chi connectivity index (χ1v) is 3.04. The van der Waals surface area contributed by atoms with Crippen molar-refractivity contribution in [1.82, 2.24) is 0 Å². The average Bonchev–Trinajstić information content (AvgIpc) is 1.76. The van der Waals surface area contributed by atoms with E-state index in [1.54, 1.807) is 0 Å². The van der Waals surface area contributed by atoms with Crippen LogP contribution in [0, 0.1) is 0 Å². The van der Waals surface area contributed by atoms with Gasteiger partial charge in [0.1, 0.15) is 0 Å². The molecule has 0 amide bonds. The van der Waals surface area contributed by atoms with Gasteiger partial charge in [0.2, 0.25) is 0 Å². The average molecular weight is 358 g/mol. The van der Waals surface area contributed by atoms with Gasteiger partial charge in [-0.2, -0.15) is 0 Å². The number of hydrogen-bond donors (Lipinski definition) is 0. The number of rotatable bonds is 0. The van der Waals surface area contributed by atoms with E-state index in [4.69, 9.17) is 49.8 Å². The third-order valence-electron chi connectivity index (χ3n) is 0. The van der Waals surface area contributed by atoms with Crippen LogP contribution in [0.4, 0.5) is 9.59 Å². The molecule has 0 bridgehead atoms. The van der Waals surface area contributed by atoms with Gasteiger partial charge in [-0.25, -0.2) is 0 Å². The number of carbonyl (C=O) groups excluding carboxylic acids is 4. The maximum atomic E-state index is 8.89. The molecule has 0 radical (unpaired) electrons. The minimum Gasteiger partial charge on any atom is -0.652 e. The molecule has 19 heavy (non-hydrogen) atoms. The minimum absolute atomic E-state index is 0. The van der Waals surface area contributed by atoms with Crippen molar-refractivity contribution in [3.63, 3.8) is 0 Å². The van der Waals surface area contributed by atoms with E-state index in [0.717, 1.165) is 13.8 Å². The molecule has 0 aromatic heterocycles. The van der Waals surface area contributed by atoms with Crippen LogP contribution >= 0.6 is 0 Å².